The summed E-state index contributed by atoms with van der Waals surface area (Å²) in [6.07, 6.45) is 0. The Morgan fingerprint density at radius 3 is 2.14 bits per heavy atom. The molecule has 1 aromatic carbocycles. The summed E-state index contributed by atoms with van der Waals surface area (Å²) < 4.78 is 2.76. The number of hydrogen-bond acceptors (Lipinski definition) is 5. The van der Waals surface area contributed by atoms with Gasteiger partial charge in [0, 0.05) is 43.0 Å². The zero-order chi connectivity index (χ0) is 20.7. The van der Waals surface area contributed by atoms with Gasteiger partial charge in [-0.3, -0.25) is 9.59 Å². The van der Waals surface area contributed by atoms with Gasteiger partial charge in [0.05, 0.1) is 5.56 Å². The molecule has 3 N–H and O–H groups in total. The van der Waals surface area contributed by atoms with E-state index >= 15 is 0 Å². The van der Waals surface area contributed by atoms with Crippen LogP contribution in [0.15, 0.2) is 46.0 Å². The molecule has 7 heteroatoms. The first kappa shape index (κ1) is 19.3. The maximum absolute atomic E-state index is 13.0. The second-order valence-corrected chi connectivity index (χ2v) is 6.90. The molecule has 3 rings (SSSR count). The second kappa shape index (κ2) is 6.92. The van der Waals surface area contributed by atoms with Gasteiger partial charge in [0.15, 0.2) is 0 Å². The van der Waals surface area contributed by atoms with E-state index in [0.29, 0.717) is 22.5 Å². The molecule has 0 aliphatic heterocycles. The molecule has 1 atom stereocenters. The first-order valence-electron chi connectivity index (χ1n) is 8.71. The number of aromatic nitrogens is 2. The summed E-state index contributed by atoms with van der Waals surface area (Å²) in [5.41, 5.74) is 1.05. The number of phenols is 1. The Balaban J connectivity index is 2.47. The van der Waals surface area contributed by atoms with Crippen LogP contribution in [0.2, 0.25) is 0 Å². The van der Waals surface area contributed by atoms with E-state index in [1.165, 1.54) is 27.3 Å². The van der Waals surface area contributed by atoms with E-state index in [1.807, 2.05) is 0 Å². The van der Waals surface area contributed by atoms with E-state index in [-0.39, 0.29) is 22.8 Å². The summed E-state index contributed by atoms with van der Waals surface area (Å²) in [5, 5.41) is 31.2. The molecule has 28 heavy (non-hydrogen) atoms. The van der Waals surface area contributed by atoms with Crippen LogP contribution >= 0.6 is 0 Å². The van der Waals surface area contributed by atoms with Gasteiger partial charge in [-0.15, -0.1) is 0 Å². The summed E-state index contributed by atoms with van der Waals surface area (Å²) in [6.45, 7) is 3.35. The Morgan fingerprint density at radius 2 is 1.50 bits per heavy atom. The molecule has 2 aromatic heterocycles. The van der Waals surface area contributed by atoms with E-state index in [4.69, 9.17) is 0 Å². The van der Waals surface area contributed by atoms with Gasteiger partial charge in [-0.05, 0) is 37.6 Å². The minimum Gasteiger partial charge on any atom is -0.508 e. The van der Waals surface area contributed by atoms with E-state index < -0.39 is 17.0 Å². The lowest BCUT2D eigenvalue weighted by molar-refractivity contribution is 0.450. The monoisotopic (exact) mass is 382 g/mol. The maximum atomic E-state index is 13.0. The number of aromatic hydroxyl groups is 3. The molecule has 0 fully saturated rings. The summed E-state index contributed by atoms with van der Waals surface area (Å²) in [5.74, 6) is -1.41. The van der Waals surface area contributed by atoms with Gasteiger partial charge in [-0.25, -0.2) is 0 Å². The number of benzene rings is 1. The average Bonchev–Trinajstić information content (AvgIpc) is 2.63. The van der Waals surface area contributed by atoms with Gasteiger partial charge in [-0.1, -0.05) is 12.1 Å². The molecule has 1 unspecified atom stereocenters. The Bertz CT molecular complexity index is 1190. The van der Waals surface area contributed by atoms with Crippen LogP contribution in [0.5, 0.6) is 17.2 Å². The highest BCUT2D eigenvalue weighted by atomic mass is 16.3. The van der Waals surface area contributed by atoms with Crippen LogP contribution in [-0.2, 0) is 14.1 Å². The Morgan fingerprint density at radius 1 is 0.857 bits per heavy atom. The number of nitrogens with zero attached hydrogens (tertiary/aromatic N) is 2. The zero-order valence-corrected chi connectivity index (χ0v) is 16.1. The molecule has 0 spiro atoms. The summed E-state index contributed by atoms with van der Waals surface area (Å²) >= 11 is 0. The van der Waals surface area contributed by atoms with Gasteiger partial charge in [0.2, 0.25) is 0 Å². The lowest BCUT2D eigenvalue weighted by Crippen LogP contribution is -2.28. The minimum atomic E-state index is -0.891. The normalized spacial score (nSPS) is 12.1. The lowest BCUT2D eigenvalue weighted by Gasteiger charge is -2.24. The van der Waals surface area contributed by atoms with Crippen molar-refractivity contribution in [1.82, 2.24) is 9.13 Å². The van der Waals surface area contributed by atoms with Crippen LogP contribution in [0.4, 0.5) is 0 Å². The molecular formula is C21H22N2O5. The molecular weight excluding hydrogens is 360 g/mol. The van der Waals surface area contributed by atoms with E-state index in [1.54, 1.807) is 40.1 Å². The Hall–Kier alpha value is -3.48. The van der Waals surface area contributed by atoms with Crippen molar-refractivity contribution >= 4 is 0 Å². The van der Waals surface area contributed by atoms with Crippen LogP contribution in [0.1, 0.15) is 34.0 Å². The predicted molar refractivity (Wildman–Crippen MR) is 105 cm³/mol. The molecule has 146 valence electrons. The summed E-state index contributed by atoms with van der Waals surface area (Å²) in [6, 6.07) is 8.80. The predicted octanol–water partition coefficient (Wildman–Crippen LogP) is 2.00. The van der Waals surface area contributed by atoms with Crippen molar-refractivity contribution in [2.45, 2.75) is 19.8 Å². The second-order valence-electron chi connectivity index (χ2n) is 6.90. The van der Waals surface area contributed by atoms with E-state index in [9.17, 15) is 24.9 Å². The largest absolute Gasteiger partial charge is 0.508 e. The van der Waals surface area contributed by atoms with Gasteiger partial charge in [-0.2, -0.15) is 0 Å². The Kier molecular flexibility index (Phi) is 4.77. The van der Waals surface area contributed by atoms with Crippen LogP contribution in [0, 0.1) is 13.8 Å². The summed E-state index contributed by atoms with van der Waals surface area (Å²) in [7, 11) is 3.15. The van der Waals surface area contributed by atoms with Crippen LogP contribution < -0.4 is 11.1 Å². The third kappa shape index (κ3) is 3.05. The molecule has 7 nitrogen and oxygen atoms in total. The maximum Gasteiger partial charge on any atom is 0.258 e. The number of hydrogen-bond donors (Lipinski definition) is 3. The van der Waals surface area contributed by atoms with Crippen LogP contribution in [0.3, 0.4) is 0 Å². The van der Waals surface area contributed by atoms with Crippen molar-refractivity contribution in [3.8, 4) is 17.2 Å². The number of pyridine rings is 2. The van der Waals surface area contributed by atoms with Crippen molar-refractivity contribution < 1.29 is 15.3 Å². The third-order valence-corrected chi connectivity index (χ3v) is 5.23. The molecule has 0 bridgehead atoms. The molecule has 0 radical (unpaired) electrons. The number of phenolic OH excluding ortho intramolecular Hbond substituents is 1. The molecule has 3 aromatic rings. The molecule has 0 saturated carbocycles. The molecule has 0 aliphatic carbocycles. The fourth-order valence-corrected chi connectivity index (χ4v) is 3.46. The highest BCUT2D eigenvalue weighted by Crippen LogP contribution is 2.40. The van der Waals surface area contributed by atoms with Crippen molar-refractivity contribution in [1.29, 1.82) is 0 Å². The molecule has 2 heterocycles. The average molecular weight is 382 g/mol. The van der Waals surface area contributed by atoms with Gasteiger partial charge >= 0.3 is 0 Å². The zero-order valence-electron chi connectivity index (χ0n) is 16.1. The smallest absolute Gasteiger partial charge is 0.258 e. The molecule has 0 amide bonds. The highest BCUT2D eigenvalue weighted by molar-refractivity contribution is 5.54. The van der Waals surface area contributed by atoms with E-state index in [2.05, 4.69) is 0 Å². The van der Waals surface area contributed by atoms with Gasteiger partial charge in [0.25, 0.3) is 11.1 Å². The SMILES string of the molecule is Cc1c(C(c2cccc(O)c2)c2c(O)cc(C)n(C)c2=O)c(O)cc(=O)n1C. The number of rotatable bonds is 3. The van der Waals surface area contributed by atoms with Gasteiger partial charge in [0.1, 0.15) is 17.2 Å². The first-order valence-corrected chi connectivity index (χ1v) is 8.71. The minimum absolute atomic E-state index is 0.0205. The topological polar surface area (TPSA) is 105 Å². The molecule has 0 aliphatic rings. The lowest BCUT2D eigenvalue weighted by atomic mass is 9.83. The number of aryl methyl sites for hydroxylation is 1. The van der Waals surface area contributed by atoms with E-state index in [0.717, 1.165) is 6.07 Å². The first-order chi connectivity index (χ1) is 13.1. The molecule has 0 saturated heterocycles. The van der Waals surface area contributed by atoms with Crippen LogP contribution in [-0.4, -0.2) is 24.5 Å². The fourth-order valence-electron chi connectivity index (χ4n) is 3.46. The summed E-state index contributed by atoms with van der Waals surface area (Å²) in [4.78, 5) is 25.1. The Labute approximate surface area is 161 Å². The fraction of sp³-hybridized carbons (Fsp3) is 0.238. The quantitative estimate of drug-likeness (QED) is 0.643. The third-order valence-electron chi connectivity index (χ3n) is 5.23. The van der Waals surface area contributed by atoms with Crippen molar-refractivity contribution in [3.63, 3.8) is 0 Å². The van der Waals surface area contributed by atoms with Crippen LogP contribution in [0.25, 0.3) is 0 Å². The highest BCUT2D eigenvalue weighted by Gasteiger charge is 2.29. The van der Waals surface area contributed by atoms with Crippen molar-refractivity contribution in [2.75, 3.05) is 0 Å². The van der Waals surface area contributed by atoms with Crippen molar-refractivity contribution in [3.05, 3.63) is 85.2 Å². The van der Waals surface area contributed by atoms with Crippen molar-refractivity contribution in [2.24, 2.45) is 14.1 Å². The standard InChI is InChI=1S/C21H22N2O5/c1-11-8-15(25)20(21(28)22(11)3)19(13-6-5-7-14(24)9-13)18-12(2)23(4)17(27)10-16(18)26/h5-10,19,24-26H,1-4H3. The van der Waals surface area contributed by atoms with Gasteiger partial charge < -0.3 is 24.5 Å².